The zero-order valence-corrected chi connectivity index (χ0v) is 23.0. The standard InChI is InChI=1S/C32H32N4O6/c1-20(41-17-21-9-3-2-4-10-21)29(30(37)35-28(31(38)39)15-22-16-33-19-34-22)36-32(40)42-18-27-25-13-7-5-11-23(25)24-12-6-8-14-26(24)27/h2-14,16,19-20,27-29H,15,17-18H2,1H3,(H,33,34)(H,35,37)(H,36,40)(H,38,39)/t20-,28?,29+/m0/s1. The van der Waals surface area contributed by atoms with Crippen molar-refractivity contribution >= 4 is 18.0 Å². The van der Waals surface area contributed by atoms with Gasteiger partial charge in [-0.3, -0.25) is 4.79 Å². The fraction of sp³-hybridized carbons (Fsp3) is 0.250. The molecule has 1 unspecified atom stereocenters. The first-order chi connectivity index (χ1) is 20.4. The predicted octanol–water partition coefficient (Wildman–Crippen LogP) is 4.03. The van der Waals surface area contributed by atoms with E-state index in [1.54, 1.807) is 6.92 Å². The SMILES string of the molecule is C[C@H](OCc1ccccc1)[C@@H](NC(=O)OCC1c2ccccc2-c2ccccc21)C(=O)NC(Cc1cnc[nH]1)C(=O)O. The molecule has 0 fully saturated rings. The van der Waals surface area contributed by atoms with Crippen molar-refractivity contribution in [2.75, 3.05) is 6.61 Å². The highest BCUT2D eigenvalue weighted by Gasteiger charge is 2.33. The van der Waals surface area contributed by atoms with E-state index < -0.39 is 36.2 Å². The van der Waals surface area contributed by atoms with Gasteiger partial charge in [0.2, 0.25) is 5.91 Å². The third-order valence-corrected chi connectivity index (χ3v) is 7.32. The van der Waals surface area contributed by atoms with E-state index in [9.17, 15) is 19.5 Å². The summed E-state index contributed by atoms with van der Waals surface area (Å²) in [6.07, 6.45) is 1.27. The second-order valence-electron chi connectivity index (χ2n) is 10.1. The number of alkyl carbamates (subject to hydrolysis) is 1. The van der Waals surface area contributed by atoms with Gasteiger partial charge in [-0.1, -0.05) is 78.9 Å². The fourth-order valence-corrected chi connectivity index (χ4v) is 5.14. The van der Waals surface area contributed by atoms with Gasteiger partial charge >= 0.3 is 12.1 Å². The van der Waals surface area contributed by atoms with Gasteiger partial charge in [-0.25, -0.2) is 14.6 Å². The number of nitrogens with one attached hydrogen (secondary N) is 3. The Balaban J connectivity index is 1.28. The van der Waals surface area contributed by atoms with Crippen LogP contribution in [0.1, 0.15) is 35.2 Å². The topological polar surface area (TPSA) is 143 Å². The summed E-state index contributed by atoms with van der Waals surface area (Å²) in [4.78, 5) is 45.2. The number of hydrogen-bond acceptors (Lipinski definition) is 6. The molecule has 0 spiro atoms. The Morgan fingerprint density at radius 1 is 0.929 bits per heavy atom. The van der Waals surface area contributed by atoms with Crippen LogP contribution in [0.5, 0.6) is 0 Å². The van der Waals surface area contributed by atoms with Gasteiger partial charge in [0, 0.05) is 24.2 Å². The average molecular weight is 569 g/mol. The Labute approximate surface area is 243 Å². The highest BCUT2D eigenvalue weighted by atomic mass is 16.5. The molecule has 3 aromatic carbocycles. The zero-order valence-electron chi connectivity index (χ0n) is 23.0. The molecular weight excluding hydrogens is 536 g/mol. The monoisotopic (exact) mass is 568 g/mol. The number of carboxylic acid groups (broad SMARTS) is 1. The van der Waals surface area contributed by atoms with Crippen LogP contribution in [0.2, 0.25) is 0 Å². The van der Waals surface area contributed by atoms with E-state index >= 15 is 0 Å². The molecule has 5 rings (SSSR count). The lowest BCUT2D eigenvalue weighted by Crippen LogP contribution is -2.56. The van der Waals surface area contributed by atoms with E-state index in [0.29, 0.717) is 5.69 Å². The first-order valence-electron chi connectivity index (χ1n) is 13.7. The van der Waals surface area contributed by atoms with E-state index in [2.05, 4.69) is 20.6 Å². The Bertz CT molecular complexity index is 1480. The number of hydrogen-bond donors (Lipinski definition) is 4. The summed E-state index contributed by atoms with van der Waals surface area (Å²) in [5.74, 6) is -2.10. The first kappa shape index (κ1) is 28.6. The number of aromatic nitrogens is 2. The van der Waals surface area contributed by atoms with Crippen LogP contribution in [0.4, 0.5) is 4.79 Å². The molecule has 216 valence electrons. The fourth-order valence-electron chi connectivity index (χ4n) is 5.14. The minimum absolute atomic E-state index is 0.0159. The molecule has 0 saturated heterocycles. The van der Waals surface area contributed by atoms with Gasteiger partial charge in [0.25, 0.3) is 0 Å². The van der Waals surface area contributed by atoms with Gasteiger partial charge in [-0.2, -0.15) is 0 Å². The maximum absolute atomic E-state index is 13.4. The molecule has 3 atom stereocenters. The normalized spacial score (nSPS) is 14.2. The number of rotatable bonds is 12. The van der Waals surface area contributed by atoms with Crippen molar-refractivity contribution in [1.29, 1.82) is 0 Å². The average Bonchev–Trinajstić information content (AvgIpc) is 3.63. The second kappa shape index (κ2) is 13.1. The number of imidazole rings is 1. The summed E-state index contributed by atoms with van der Waals surface area (Å²) in [7, 11) is 0. The van der Waals surface area contributed by atoms with Gasteiger partial charge in [0.05, 0.1) is 19.0 Å². The lowest BCUT2D eigenvalue weighted by Gasteiger charge is -2.26. The van der Waals surface area contributed by atoms with Crippen molar-refractivity contribution in [1.82, 2.24) is 20.6 Å². The van der Waals surface area contributed by atoms with Crippen molar-refractivity contribution in [2.24, 2.45) is 0 Å². The van der Waals surface area contributed by atoms with E-state index in [1.165, 1.54) is 12.5 Å². The number of nitrogens with zero attached hydrogens (tertiary/aromatic N) is 1. The van der Waals surface area contributed by atoms with Crippen molar-refractivity contribution in [3.05, 3.63) is 114 Å². The van der Waals surface area contributed by atoms with Crippen LogP contribution >= 0.6 is 0 Å². The molecule has 1 aromatic heterocycles. The molecule has 0 bridgehead atoms. The van der Waals surface area contributed by atoms with Crippen LogP contribution in [0, 0.1) is 0 Å². The Kier molecular flexibility index (Phi) is 8.93. The molecule has 0 saturated carbocycles. The Morgan fingerprint density at radius 2 is 1.57 bits per heavy atom. The van der Waals surface area contributed by atoms with Gasteiger partial charge in [-0.05, 0) is 34.7 Å². The molecule has 1 aliphatic rings. The number of amides is 2. The third-order valence-electron chi connectivity index (χ3n) is 7.32. The quantitative estimate of drug-likeness (QED) is 0.202. The minimum Gasteiger partial charge on any atom is -0.480 e. The lowest BCUT2D eigenvalue weighted by molar-refractivity contribution is -0.142. The smallest absolute Gasteiger partial charge is 0.407 e. The maximum atomic E-state index is 13.4. The first-order valence-corrected chi connectivity index (χ1v) is 13.7. The van der Waals surface area contributed by atoms with Crippen molar-refractivity contribution in [3.8, 4) is 11.1 Å². The van der Waals surface area contributed by atoms with Crippen LogP contribution in [0.3, 0.4) is 0 Å². The van der Waals surface area contributed by atoms with Crippen LogP contribution < -0.4 is 10.6 Å². The number of aromatic amines is 1. The predicted molar refractivity (Wildman–Crippen MR) is 155 cm³/mol. The molecule has 1 heterocycles. The molecule has 4 N–H and O–H groups in total. The van der Waals surface area contributed by atoms with Crippen LogP contribution in [-0.2, 0) is 32.1 Å². The number of aliphatic carboxylic acids is 1. The molecule has 1 aliphatic carbocycles. The number of fused-ring (bicyclic) bond motifs is 3. The maximum Gasteiger partial charge on any atom is 0.407 e. The zero-order chi connectivity index (χ0) is 29.5. The molecule has 42 heavy (non-hydrogen) atoms. The number of carbonyl (C=O) groups is 3. The van der Waals surface area contributed by atoms with Crippen molar-refractivity contribution in [2.45, 2.75) is 44.1 Å². The number of carboxylic acids is 1. The van der Waals surface area contributed by atoms with Crippen LogP contribution in [0.25, 0.3) is 11.1 Å². The summed E-state index contributed by atoms with van der Waals surface area (Å²) in [5, 5.41) is 14.9. The van der Waals surface area contributed by atoms with Crippen molar-refractivity contribution in [3.63, 3.8) is 0 Å². The molecule has 4 aromatic rings. The summed E-state index contributed by atoms with van der Waals surface area (Å²) in [6, 6.07) is 22.9. The number of ether oxygens (including phenoxy) is 2. The molecule has 2 amide bonds. The van der Waals surface area contributed by atoms with Gasteiger partial charge in [-0.15, -0.1) is 0 Å². The summed E-state index contributed by atoms with van der Waals surface area (Å²) >= 11 is 0. The Morgan fingerprint density at radius 3 is 2.19 bits per heavy atom. The van der Waals surface area contributed by atoms with Crippen LogP contribution in [0.15, 0.2) is 91.4 Å². The third kappa shape index (κ3) is 6.67. The largest absolute Gasteiger partial charge is 0.480 e. The van der Waals surface area contributed by atoms with E-state index in [1.807, 2.05) is 78.9 Å². The van der Waals surface area contributed by atoms with Crippen LogP contribution in [-0.4, -0.2) is 57.8 Å². The molecular formula is C32H32N4O6. The lowest BCUT2D eigenvalue weighted by atomic mass is 9.98. The van der Waals surface area contributed by atoms with Gasteiger partial charge in [0.15, 0.2) is 0 Å². The molecule has 0 radical (unpaired) electrons. The van der Waals surface area contributed by atoms with Gasteiger partial charge in [0.1, 0.15) is 18.7 Å². The van der Waals surface area contributed by atoms with Gasteiger partial charge < -0.3 is 30.2 Å². The highest BCUT2D eigenvalue weighted by Crippen LogP contribution is 2.44. The molecule has 10 nitrogen and oxygen atoms in total. The number of H-pyrrole nitrogens is 1. The number of benzene rings is 3. The Hall–Kier alpha value is -4.96. The summed E-state index contributed by atoms with van der Waals surface area (Å²) < 4.78 is 11.6. The summed E-state index contributed by atoms with van der Waals surface area (Å²) in [5.41, 5.74) is 5.73. The van der Waals surface area contributed by atoms with E-state index in [-0.39, 0.29) is 25.6 Å². The minimum atomic E-state index is -1.26. The van der Waals surface area contributed by atoms with Crippen molar-refractivity contribution < 1.29 is 29.0 Å². The van der Waals surface area contributed by atoms with E-state index in [0.717, 1.165) is 27.8 Å². The molecule has 0 aliphatic heterocycles. The molecule has 10 heteroatoms. The highest BCUT2D eigenvalue weighted by molar-refractivity contribution is 5.90. The summed E-state index contributed by atoms with van der Waals surface area (Å²) in [6.45, 7) is 1.89. The number of carbonyl (C=O) groups excluding carboxylic acids is 2. The van der Waals surface area contributed by atoms with E-state index in [4.69, 9.17) is 9.47 Å². The second-order valence-corrected chi connectivity index (χ2v) is 10.1.